The van der Waals surface area contributed by atoms with E-state index in [1.165, 1.54) is 18.8 Å². The van der Waals surface area contributed by atoms with Gasteiger partial charge in [0.05, 0.1) is 11.1 Å². The Kier molecular flexibility index (Phi) is 3.17. The molecule has 0 amide bonds. The van der Waals surface area contributed by atoms with E-state index in [9.17, 15) is 9.59 Å². The van der Waals surface area contributed by atoms with Gasteiger partial charge in [-0.15, -0.1) is 0 Å². The van der Waals surface area contributed by atoms with Crippen LogP contribution in [0.5, 0.6) is 0 Å². The van der Waals surface area contributed by atoms with Crippen LogP contribution in [-0.2, 0) is 0 Å². The molecule has 1 aliphatic rings. The molecule has 1 aliphatic carbocycles. The highest BCUT2D eigenvalue weighted by molar-refractivity contribution is 6.01. The molecule has 5 nitrogen and oxygen atoms in total. The maximum Gasteiger partial charge on any atom is 0.338 e. The lowest BCUT2D eigenvalue weighted by molar-refractivity contribution is 0.0653. The molecule has 1 fully saturated rings. The molecule has 1 aromatic rings. The highest BCUT2D eigenvalue weighted by Crippen LogP contribution is 2.29. The van der Waals surface area contributed by atoms with E-state index in [1.54, 1.807) is 4.57 Å². The third-order valence-electron chi connectivity index (χ3n) is 3.30. The molecule has 1 saturated carbocycles. The minimum atomic E-state index is -1.18. The lowest BCUT2D eigenvalue weighted by atomic mass is 9.95. The second kappa shape index (κ2) is 4.61. The molecule has 0 aliphatic heterocycles. The van der Waals surface area contributed by atoms with Gasteiger partial charge in [0.15, 0.2) is 0 Å². The van der Waals surface area contributed by atoms with E-state index in [2.05, 4.69) is 0 Å². The summed E-state index contributed by atoms with van der Waals surface area (Å²) in [6.07, 6.45) is 8.32. The summed E-state index contributed by atoms with van der Waals surface area (Å²) in [5, 5.41) is 17.9. The summed E-state index contributed by atoms with van der Waals surface area (Å²) >= 11 is 0. The number of carboxylic acid groups (broad SMARTS) is 2. The maximum absolute atomic E-state index is 10.9. The van der Waals surface area contributed by atoms with Crippen molar-refractivity contribution in [3.05, 3.63) is 23.5 Å². The Morgan fingerprint density at radius 2 is 1.47 bits per heavy atom. The Morgan fingerprint density at radius 3 is 1.88 bits per heavy atom. The summed E-state index contributed by atoms with van der Waals surface area (Å²) < 4.78 is 1.76. The minimum absolute atomic E-state index is 0.122. The monoisotopic (exact) mass is 237 g/mol. The van der Waals surface area contributed by atoms with Crippen molar-refractivity contribution in [1.29, 1.82) is 0 Å². The van der Waals surface area contributed by atoms with Crippen LogP contribution >= 0.6 is 0 Å². The summed E-state index contributed by atoms with van der Waals surface area (Å²) in [6, 6.07) is 0.245. The molecular formula is C12H15NO4. The van der Waals surface area contributed by atoms with E-state index in [0.717, 1.165) is 25.7 Å². The van der Waals surface area contributed by atoms with Crippen molar-refractivity contribution in [3.8, 4) is 0 Å². The third-order valence-corrected chi connectivity index (χ3v) is 3.30. The standard InChI is InChI=1S/C12H15NO4/c14-11(15)9-6-13(7-10(9)12(16)17)8-4-2-1-3-5-8/h6-8H,1-5H2,(H,14,15)(H,16,17). The Hall–Kier alpha value is -1.78. The smallest absolute Gasteiger partial charge is 0.338 e. The van der Waals surface area contributed by atoms with Gasteiger partial charge in [-0.1, -0.05) is 19.3 Å². The van der Waals surface area contributed by atoms with Gasteiger partial charge < -0.3 is 14.8 Å². The van der Waals surface area contributed by atoms with Gasteiger partial charge >= 0.3 is 11.9 Å². The molecule has 5 heteroatoms. The van der Waals surface area contributed by atoms with E-state index in [4.69, 9.17) is 10.2 Å². The van der Waals surface area contributed by atoms with Crippen LogP contribution in [0, 0.1) is 0 Å². The summed E-state index contributed by atoms with van der Waals surface area (Å²) in [5.41, 5.74) is -0.244. The lowest BCUT2D eigenvalue weighted by Crippen LogP contribution is -2.11. The number of hydrogen-bond acceptors (Lipinski definition) is 2. The number of aromatic carboxylic acids is 2. The summed E-state index contributed by atoms with van der Waals surface area (Å²) in [6.45, 7) is 0. The van der Waals surface area contributed by atoms with Crippen LogP contribution in [0.2, 0.25) is 0 Å². The Balaban J connectivity index is 2.32. The second-order valence-electron chi connectivity index (χ2n) is 4.43. The number of aromatic nitrogens is 1. The molecule has 0 unspecified atom stereocenters. The number of nitrogens with zero attached hydrogens (tertiary/aromatic N) is 1. The topological polar surface area (TPSA) is 79.5 Å². The quantitative estimate of drug-likeness (QED) is 0.845. The van der Waals surface area contributed by atoms with E-state index in [-0.39, 0.29) is 17.2 Å². The normalized spacial score (nSPS) is 16.9. The van der Waals surface area contributed by atoms with Gasteiger partial charge in [0, 0.05) is 18.4 Å². The molecule has 17 heavy (non-hydrogen) atoms. The highest BCUT2D eigenvalue weighted by atomic mass is 16.4. The van der Waals surface area contributed by atoms with E-state index in [0.29, 0.717) is 0 Å². The van der Waals surface area contributed by atoms with Gasteiger partial charge in [0.1, 0.15) is 0 Å². The van der Waals surface area contributed by atoms with Crippen LogP contribution < -0.4 is 0 Å². The van der Waals surface area contributed by atoms with Gasteiger partial charge in [-0.3, -0.25) is 0 Å². The first-order valence-electron chi connectivity index (χ1n) is 5.77. The van der Waals surface area contributed by atoms with Gasteiger partial charge in [0.2, 0.25) is 0 Å². The Bertz CT molecular complexity index is 412. The lowest BCUT2D eigenvalue weighted by Gasteiger charge is -2.23. The van der Waals surface area contributed by atoms with E-state index < -0.39 is 11.9 Å². The predicted molar refractivity (Wildman–Crippen MR) is 60.5 cm³/mol. The highest BCUT2D eigenvalue weighted by Gasteiger charge is 2.22. The average Bonchev–Trinajstić information content (AvgIpc) is 2.75. The average molecular weight is 237 g/mol. The minimum Gasteiger partial charge on any atom is -0.478 e. The number of hydrogen-bond donors (Lipinski definition) is 2. The Labute approximate surface area is 98.7 Å². The zero-order valence-corrected chi connectivity index (χ0v) is 9.43. The summed E-state index contributed by atoms with van der Waals surface area (Å²) in [7, 11) is 0. The zero-order valence-electron chi connectivity index (χ0n) is 9.43. The predicted octanol–water partition coefficient (Wildman–Crippen LogP) is 2.39. The fourth-order valence-corrected chi connectivity index (χ4v) is 2.41. The number of carbonyl (C=O) groups is 2. The van der Waals surface area contributed by atoms with Gasteiger partial charge in [-0.05, 0) is 12.8 Å². The van der Waals surface area contributed by atoms with Crippen molar-refractivity contribution >= 4 is 11.9 Å². The van der Waals surface area contributed by atoms with Crippen molar-refractivity contribution in [2.75, 3.05) is 0 Å². The largest absolute Gasteiger partial charge is 0.478 e. The first kappa shape index (κ1) is 11.7. The zero-order chi connectivity index (χ0) is 12.4. The van der Waals surface area contributed by atoms with Crippen LogP contribution in [0.25, 0.3) is 0 Å². The van der Waals surface area contributed by atoms with Crippen molar-refractivity contribution in [1.82, 2.24) is 4.57 Å². The number of rotatable bonds is 3. The maximum atomic E-state index is 10.9. The molecule has 2 rings (SSSR count). The van der Waals surface area contributed by atoms with Crippen LogP contribution in [-0.4, -0.2) is 26.7 Å². The molecule has 1 aromatic heterocycles. The summed E-state index contributed by atoms with van der Waals surface area (Å²) in [4.78, 5) is 21.9. The van der Waals surface area contributed by atoms with Crippen molar-refractivity contribution in [3.63, 3.8) is 0 Å². The SMILES string of the molecule is O=C(O)c1cn(C2CCCCC2)cc1C(=O)O. The van der Waals surface area contributed by atoms with Gasteiger partial charge in [-0.25, -0.2) is 9.59 Å². The summed E-state index contributed by atoms with van der Waals surface area (Å²) in [5.74, 6) is -2.37. The number of carboxylic acids is 2. The van der Waals surface area contributed by atoms with Crippen LogP contribution in [0.1, 0.15) is 58.9 Å². The van der Waals surface area contributed by atoms with Crippen molar-refractivity contribution in [2.24, 2.45) is 0 Å². The third kappa shape index (κ3) is 2.33. The van der Waals surface area contributed by atoms with Gasteiger partial charge in [0.25, 0.3) is 0 Å². The molecule has 0 radical (unpaired) electrons. The Morgan fingerprint density at radius 1 is 1.00 bits per heavy atom. The van der Waals surface area contributed by atoms with Crippen LogP contribution in [0.15, 0.2) is 12.4 Å². The van der Waals surface area contributed by atoms with Crippen molar-refractivity contribution < 1.29 is 19.8 Å². The first-order chi connectivity index (χ1) is 8.09. The van der Waals surface area contributed by atoms with Crippen LogP contribution in [0.4, 0.5) is 0 Å². The fraction of sp³-hybridized carbons (Fsp3) is 0.500. The molecular weight excluding hydrogens is 222 g/mol. The van der Waals surface area contributed by atoms with E-state index in [1.807, 2.05) is 0 Å². The molecule has 0 bridgehead atoms. The molecule has 0 aromatic carbocycles. The van der Waals surface area contributed by atoms with Crippen LogP contribution in [0.3, 0.4) is 0 Å². The fourth-order valence-electron chi connectivity index (χ4n) is 2.41. The second-order valence-corrected chi connectivity index (χ2v) is 4.43. The molecule has 92 valence electrons. The molecule has 0 spiro atoms. The van der Waals surface area contributed by atoms with Crippen molar-refractivity contribution in [2.45, 2.75) is 38.1 Å². The molecule has 0 atom stereocenters. The van der Waals surface area contributed by atoms with E-state index >= 15 is 0 Å². The molecule has 0 saturated heterocycles. The van der Waals surface area contributed by atoms with Gasteiger partial charge in [-0.2, -0.15) is 0 Å². The molecule has 2 N–H and O–H groups in total. The molecule has 1 heterocycles. The first-order valence-corrected chi connectivity index (χ1v) is 5.77.